The fraction of sp³-hybridized carbons (Fsp3) is 0.0952. The summed E-state index contributed by atoms with van der Waals surface area (Å²) in [6.07, 6.45) is 0. The highest BCUT2D eigenvalue weighted by Gasteiger charge is 2.14. The van der Waals surface area contributed by atoms with Crippen molar-refractivity contribution in [2.45, 2.75) is 13.8 Å². The van der Waals surface area contributed by atoms with Crippen LogP contribution in [0.1, 0.15) is 11.1 Å². The Morgan fingerprint density at radius 2 is 1.43 bits per heavy atom. The Hall–Kier alpha value is -2.87. The molecule has 4 rings (SSSR count). The SMILES string of the molecule is Cc1ccc(-n2c(-c3ccccc3)nc3ccc(C)cc32)cc1. The van der Waals surface area contributed by atoms with E-state index in [0.29, 0.717) is 0 Å². The Kier molecular flexibility index (Phi) is 3.23. The first-order valence-electron chi connectivity index (χ1n) is 7.84. The third kappa shape index (κ3) is 2.42. The van der Waals surface area contributed by atoms with Crippen LogP contribution >= 0.6 is 0 Å². The van der Waals surface area contributed by atoms with Gasteiger partial charge in [-0.2, -0.15) is 0 Å². The molecular weight excluding hydrogens is 280 g/mol. The number of hydrogen-bond acceptors (Lipinski definition) is 1. The highest BCUT2D eigenvalue weighted by molar-refractivity contribution is 5.83. The summed E-state index contributed by atoms with van der Waals surface area (Å²) in [4.78, 5) is 4.89. The molecule has 0 unspecified atom stereocenters. The lowest BCUT2D eigenvalue weighted by Gasteiger charge is -2.10. The fourth-order valence-corrected chi connectivity index (χ4v) is 2.92. The number of rotatable bonds is 2. The molecule has 0 amide bonds. The minimum Gasteiger partial charge on any atom is -0.292 e. The van der Waals surface area contributed by atoms with E-state index in [9.17, 15) is 0 Å². The lowest BCUT2D eigenvalue weighted by Crippen LogP contribution is -1.97. The molecule has 0 spiro atoms. The van der Waals surface area contributed by atoms with E-state index in [1.54, 1.807) is 0 Å². The maximum Gasteiger partial charge on any atom is 0.145 e. The molecule has 4 aromatic rings. The summed E-state index contributed by atoms with van der Waals surface area (Å²) in [5.41, 5.74) is 6.94. The lowest BCUT2D eigenvalue weighted by atomic mass is 10.2. The van der Waals surface area contributed by atoms with Gasteiger partial charge in [-0.15, -0.1) is 0 Å². The van der Waals surface area contributed by atoms with E-state index in [1.165, 1.54) is 11.1 Å². The van der Waals surface area contributed by atoms with Crippen molar-refractivity contribution in [1.82, 2.24) is 9.55 Å². The number of aromatic nitrogens is 2. The molecule has 0 N–H and O–H groups in total. The first kappa shape index (κ1) is 13.8. The molecule has 112 valence electrons. The van der Waals surface area contributed by atoms with Gasteiger partial charge >= 0.3 is 0 Å². The normalized spacial score (nSPS) is 11.0. The Bertz CT molecular complexity index is 964. The summed E-state index contributed by atoms with van der Waals surface area (Å²) in [5, 5.41) is 0. The quantitative estimate of drug-likeness (QED) is 0.490. The van der Waals surface area contributed by atoms with Crippen LogP contribution < -0.4 is 0 Å². The van der Waals surface area contributed by atoms with Gasteiger partial charge in [0.2, 0.25) is 0 Å². The summed E-state index contributed by atoms with van der Waals surface area (Å²) in [6, 6.07) is 25.4. The van der Waals surface area contributed by atoms with Crippen molar-refractivity contribution in [2.75, 3.05) is 0 Å². The van der Waals surface area contributed by atoms with Crippen LogP contribution in [0.4, 0.5) is 0 Å². The van der Waals surface area contributed by atoms with Crippen molar-refractivity contribution in [3.8, 4) is 17.1 Å². The van der Waals surface area contributed by atoms with Gasteiger partial charge in [0.1, 0.15) is 5.82 Å². The van der Waals surface area contributed by atoms with Gasteiger partial charge in [0.15, 0.2) is 0 Å². The van der Waals surface area contributed by atoms with Crippen molar-refractivity contribution < 1.29 is 0 Å². The molecule has 0 aliphatic rings. The van der Waals surface area contributed by atoms with Gasteiger partial charge in [0, 0.05) is 11.3 Å². The topological polar surface area (TPSA) is 17.8 Å². The molecule has 0 aliphatic carbocycles. The number of fused-ring (bicyclic) bond motifs is 1. The summed E-state index contributed by atoms with van der Waals surface area (Å²) < 4.78 is 2.25. The van der Waals surface area contributed by atoms with E-state index < -0.39 is 0 Å². The zero-order valence-corrected chi connectivity index (χ0v) is 13.3. The molecule has 2 nitrogen and oxygen atoms in total. The zero-order valence-electron chi connectivity index (χ0n) is 13.3. The molecule has 0 saturated carbocycles. The average Bonchev–Trinajstić information content (AvgIpc) is 2.95. The Morgan fingerprint density at radius 1 is 0.739 bits per heavy atom. The van der Waals surface area contributed by atoms with Gasteiger partial charge in [-0.1, -0.05) is 54.1 Å². The van der Waals surface area contributed by atoms with E-state index in [-0.39, 0.29) is 0 Å². The molecule has 0 atom stereocenters. The van der Waals surface area contributed by atoms with Crippen LogP contribution in [0.3, 0.4) is 0 Å². The van der Waals surface area contributed by atoms with E-state index in [2.05, 4.69) is 85.1 Å². The molecule has 23 heavy (non-hydrogen) atoms. The molecule has 1 aromatic heterocycles. The van der Waals surface area contributed by atoms with Crippen LogP contribution in [0.25, 0.3) is 28.1 Å². The van der Waals surface area contributed by atoms with Gasteiger partial charge in [0.05, 0.1) is 11.0 Å². The molecule has 0 fully saturated rings. The van der Waals surface area contributed by atoms with Gasteiger partial charge in [0.25, 0.3) is 0 Å². The Morgan fingerprint density at radius 3 is 2.17 bits per heavy atom. The molecule has 2 heteroatoms. The smallest absolute Gasteiger partial charge is 0.145 e. The molecule has 3 aromatic carbocycles. The Labute approximate surface area is 136 Å². The van der Waals surface area contributed by atoms with Gasteiger partial charge in [-0.25, -0.2) is 4.98 Å². The molecular formula is C21H18N2. The van der Waals surface area contributed by atoms with Crippen LogP contribution in [-0.4, -0.2) is 9.55 Å². The van der Waals surface area contributed by atoms with Crippen molar-refractivity contribution in [3.05, 3.63) is 83.9 Å². The third-order valence-corrected chi connectivity index (χ3v) is 4.13. The zero-order chi connectivity index (χ0) is 15.8. The predicted molar refractivity (Wildman–Crippen MR) is 96.0 cm³/mol. The summed E-state index contributed by atoms with van der Waals surface area (Å²) in [5.74, 6) is 0.982. The molecule has 0 aliphatic heterocycles. The molecule has 0 radical (unpaired) electrons. The first-order valence-corrected chi connectivity index (χ1v) is 7.84. The number of nitrogens with zero attached hydrogens (tertiary/aromatic N) is 2. The predicted octanol–water partition coefficient (Wildman–Crippen LogP) is 5.31. The van der Waals surface area contributed by atoms with Crippen LogP contribution in [0.5, 0.6) is 0 Å². The first-order chi connectivity index (χ1) is 11.2. The van der Waals surface area contributed by atoms with Gasteiger partial charge in [-0.05, 0) is 43.7 Å². The second kappa shape index (κ2) is 5.40. The number of hydrogen-bond donors (Lipinski definition) is 0. The van der Waals surface area contributed by atoms with E-state index in [0.717, 1.165) is 28.1 Å². The van der Waals surface area contributed by atoms with Crippen LogP contribution in [0, 0.1) is 13.8 Å². The van der Waals surface area contributed by atoms with Crippen molar-refractivity contribution in [1.29, 1.82) is 0 Å². The summed E-state index contributed by atoms with van der Waals surface area (Å²) in [6.45, 7) is 4.23. The summed E-state index contributed by atoms with van der Waals surface area (Å²) >= 11 is 0. The van der Waals surface area contributed by atoms with Gasteiger partial charge in [-0.3, -0.25) is 4.57 Å². The van der Waals surface area contributed by atoms with E-state index >= 15 is 0 Å². The molecule has 1 heterocycles. The number of imidazole rings is 1. The second-order valence-corrected chi connectivity index (χ2v) is 5.96. The standard InChI is InChI=1S/C21H18N2/c1-15-8-11-18(12-9-15)23-20-14-16(2)10-13-19(20)22-21(23)17-6-4-3-5-7-17/h3-14H,1-2H3. The third-order valence-electron chi connectivity index (χ3n) is 4.13. The van der Waals surface area contributed by atoms with E-state index in [1.807, 2.05) is 6.07 Å². The van der Waals surface area contributed by atoms with Crippen LogP contribution in [0.15, 0.2) is 72.8 Å². The fourth-order valence-electron chi connectivity index (χ4n) is 2.92. The Balaban J connectivity index is 2.06. The van der Waals surface area contributed by atoms with Crippen LogP contribution in [0.2, 0.25) is 0 Å². The monoisotopic (exact) mass is 298 g/mol. The van der Waals surface area contributed by atoms with Crippen molar-refractivity contribution in [3.63, 3.8) is 0 Å². The average molecular weight is 298 g/mol. The summed E-state index contributed by atoms with van der Waals surface area (Å²) in [7, 11) is 0. The molecule has 0 saturated heterocycles. The number of aryl methyl sites for hydroxylation is 2. The highest BCUT2D eigenvalue weighted by atomic mass is 15.1. The van der Waals surface area contributed by atoms with Crippen molar-refractivity contribution in [2.24, 2.45) is 0 Å². The largest absolute Gasteiger partial charge is 0.292 e. The second-order valence-electron chi connectivity index (χ2n) is 5.96. The maximum atomic E-state index is 4.89. The lowest BCUT2D eigenvalue weighted by molar-refractivity contribution is 1.10. The van der Waals surface area contributed by atoms with Crippen LogP contribution in [-0.2, 0) is 0 Å². The maximum absolute atomic E-state index is 4.89. The highest BCUT2D eigenvalue weighted by Crippen LogP contribution is 2.29. The van der Waals surface area contributed by atoms with Crippen molar-refractivity contribution >= 4 is 11.0 Å². The minimum atomic E-state index is 0.982. The minimum absolute atomic E-state index is 0.982. The van der Waals surface area contributed by atoms with E-state index in [4.69, 9.17) is 4.98 Å². The molecule has 0 bridgehead atoms. The van der Waals surface area contributed by atoms with Gasteiger partial charge < -0.3 is 0 Å². The number of benzene rings is 3.